The zero-order valence-electron chi connectivity index (χ0n) is 21.2. The molecule has 0 radical (unpaired) electrons. The van der Waals surface area contributed by atoms with Crippen LogP contribution < -0.4 is 5.32 Å². The van der Waals surface area contributed by atoms with Gasteiger partial charge in [0, 0.05) is 35.5 Å². The van der Waals surface area contributed by atoms with Gasteiger partial charge in [0.25, 0.3) is 5.91 Å². The fourth-order valence-corrected chi connectivity index (χ4v) is 5.48. The molecule has 2 heterocycles. The molecule has 0 aliphatic carbocycles. The molecule has 1 aromatic heterocycles. The minimum absolute atomic E-state index is 0.00838. The maximum atomic E-state index is 12.7. The lowest BCUT2D eigenvalue weighted by Gasteiger charge is -2.41. The van der Waals surface area contributed by atoms with E-state index in [9.17, 15) is 9.90 Å². The number of aliphatic hydroxyl groups excluding tert-OH is 1. The summed E-state index contributed by atoms with van der Waals surface area (Å²) in [6.07, 6.45) is 0.683. The summed E-state index contributed by atoms with van der Waals surface area (Å²) in [6.45, 7) is 2.12. The Morgan fingerprint density at radius 3 is 2.53 bits per heavy atom. The van der Waals surface area contributed by atoms with Crippen molar-refractivity contribution in [2.75, 3.05) is 11.1 Å². The molecule has 1 amide bonds. The van der Waals surface area contributed by atoms with Gasteiger partial charge in [0.2, 0.25) is 0 Å². The van der Waals surface area contributed by atoms with E-state index in [4.69, 9.17) is 9.47 Å². The monoisotopic (exact) mass is 530 g/mol. The Balaban J connectivity index is 1.39. The molecule has 4 aromatic rings. The van der Waals surface area contributed by atoms with Crippen molar-refractivity contribution in [3.05, 3.63) is 107 Å². The standard InChI is InChI=1S/C29H30N4O4S/c1-19-25(17-38-29-32-30-18-33(29)2)36-28(37-26(19)21-13-11-20(16-34)12-14-21)23-9-6-10-24(15-23)31-27(35)22-7-4-3-5-8-22/h3-15,18-19,25-26,28,34H,16-17H2,1-2H3,(H,31,35). The number of nitrogens with one attached hydrogen (secondary N) is 1. The summed E-state index contributed by atoms with van der Waals surface area (Å²) in [5, 5.41) is 21.4. The molecule has 1 aliphatic heterocycles. The predicted octanol–water partition coefficient (Wildman–Crippen LogP) is 5.14. The number of aromatic nitrogens is 3. The van der Waals surface area contributed by atoms with E-state index in [1.807, 2.05) is 78.3 Å². The van der Waals surface area contributed by atoms with Crippen LogP contribution >= 0.6 is 11.8 Å². The topological polar surface area (TPSA) is 98.5 Å². The fourth-order valence-electron chi connectivity index (χ4n) is 4.43. The third-order valence-corrected chi connectivity index (χ3v) is 7.75. The maximum Gasteiger partial charge on any atom is 0.255 e. The Hall–Kier alpha value is -3.50. The molecule has 4 unspecified atom stereocenters. The van der Waals surface area contributed by atoms with Crippen molar-refractivity contribution in [3.8, 4) is 0 Å². The Kier molecular flexibility index (Phi) is 8.19. The highest BCUT2D eigenvalue weighted by molar-refractivity contribution is 7.99. The number of carbonyl (C=O) groups excluding carboxylic acids is 1. The van der Waals surface area contributed by atoms with Crippen LogP contribution in [0, 0.1) is 5.92 Å². The first-order valence-electron chi connectivity index (χ1n) is 12.5. The van der Waals surface area contributed by atoms with Crippen molar-refractivity contribution in [1.82, 2.24) is 14.8 Å². The van der Waals surface area contributed by atoms with E-state index >= 15 is 0 Å². The minimum atomic E-state index is -0.632. The molecule has 3 aromatic carbocycles. The number of hydrogen-bond acceptors (Lipinski definition) is 7. The molecule has 2 N–H and O–H groups in total. The molecule has 196 valence electrons. The van der Waals surface area contributed by atoms with E-state index in [0.29, 0.717) is 17.0 Å². The van der Waals surface area contributed by atoms with Crippen molar-refractivity contribution in [3.63, 3.8) is 0 Å². The smallest absolute Gasteiger partial charge is 0.255 e. The Labute approximate surface area is 226 Å². The largest absolute Gasteiger partial charge is 0.392 e. The molecule has 0 saturated carbocycles. The summed E-state index contributed by atoms with van der Waals surface area (Å²) in [5.41, 5.74) is 3.93. The third-order valence-electron chi connectivity index (χ3n) is 6.62. The van der Waals surface area contributed by atoms with Crippen LogP contribution in [-0.4, -0.2) is 37.6 Å². The number of benzene rings is 3. The molecule has 1 aliphatic rings. The second-order valence-electron chi connectivity index (χ2n) is 9.30. The lowest BCUT2D eigenvalue weighted by molar-refractivity contribution is -0.268. The lowest BCUT2D eigenvalue weighted by atomic mass is 9.91. The van der Waals surface area contributed by atoms with Crippen LogP contribution in [0.15, 0.2) is 90.3 Å². The molecule has 1 saturated heterocycles. The molecule has 1 fully saturated rings. The fraction of sp³-hybridized carbons (Fsp3) is 0.276. The third kappa shape index (κ3) is 5.97. The average molecular weight is 531 g/mol. The Bertz CT molecular complexity index is 1360. The van der Waals surface area contributed by atoms with Crippen LogP contribution in [0.25, 0.3) is 0 Å². The van der Waals surface area contributed by atoms with Crippen molar-refractivity contribution in [2.45, 2.75) is 37.2 Å². The molecular formula is C29H30N4O4S. The summed E-state index contributed by atoms with van der Waals surface area (Å²) in [6, 6.07) is 24.5. The first kappa shape index (κ1) is 26.1. The van der Waals surface area contributed by atoms with Gasteiger partial charge in [-0.25, -0.2) is 0 Å². The van der Waals surface area contributed by atoms with Gasteiger partial charge in [-0.15, -0.1) is 10.2 Å². The number of carbonyl (C=O) groups is 1. The van der Waals surface area contributed by atoms with E-state index in [1.165, 1.54) is 0 Å². The summed E-state index contributed by atoms with van der Waals surface area (Å²) in [5.74, 6) is 0.540. The maximum absolute atomic E-state index is 12.7. The number of nitrogens with zero attached hydrogens (tertiary/aromatic N) is 3. The number of aliphatic hydroxyl groups is 1. The van der Waals surface area contributed by atoms with Gasteiger partial charge < -0.3 is 24.5 Å². The molecule has 8 nitrogen and oxygen atoms in total. The normalized spacial score (nSPS) is 21.2. The second-order valence-corrected chi connectivity index (χ2v) is 10.3. The van der Waals surface area contributed by atoms with Crippen molar-refractivity contribution >= 4 is 23.4 Å². The first-order chi connectivity index (χ1) is 18.5. The van der Waals surface area contributed by atoms with Gasteiger partial charge >= 0.3 is 0 Å². The number of ether oxygens (including phenoxy) is 2. The van der Waals surface area contributed by atoms with Crippen LogP contribution in [0.3, 0.4) is 0 Å². The van der Waals surface area contributed by atoms with Crippen molar-refractivity contribution in [2.24, 2.45) is 13.0 Å². The molecule has 9 heteroatoms. The van der Waals surface area contributed by atoms with E-state index in [2.05, 4.69) is 22.4 Å². The summed E-state index contributed by atoms with van der Waals surface area (Å²) in [4.78, 5) is 12.7. The zero-order valence-corrected chi connectivity index (χ0v) is 22.0. The number of amides is 1. The van der Waals surface area contributed by atoms with Gasteiger partial charge in [0.05, 0.1) is 18.8 Å². The van der Waals surface area contributed by atoms with Gasteiger partial charge in [-0.3, -0.25) is 4.79 Å². The minimum Gasteiger partial charge on any atom is -0.392 e. The highest BCUT2D eigenvalue weighted by atomic mass is 32.2. The van der Waals surface area contributed by atoms with Crippen LogP contribution in [0.5, 0.6) is 0 Å². The summed E-state index contributed by atoms with van der Waals surface area (Å²) < 4.78 is 14.9. The molecule has 0 bridgehead atoms. The summed E-state index contributed by atoms with van der Waals surface area (Å²) in [7, 11) is 1.92. The second kappa shape index (κ2) is 11.9. The highest BCUT2D eigenvalue weighted by Crippen LogP contribution is 2.43. The zero-order chi connectivity index (χ0) is 26.5. The number of anilines is 1. The van der Waals surface area contributed by atoms with Gasteiger partial charge in [0.15, 0.2) is 11.4 Å². The molecule has 5 rings (SSSR count). The Morgan fingerprint density at radius 2 is 1.82 bits per heavy atom. The van der Waals surface area contributed by atoms with Crippen LogP contribution in [0.4, 0.5) is 5.69 Å². The van der Waals surface area contributed by atoms with Gasteiger partial charge in [0.1, 0.15) is 6.33 Å². The van der Waals surface area contributed by atoms with Crippen LogP contribution in [0.1, 0.15) is 46.4 Å². The number of thioether (sulfide) groups is 1. The predicted molar refractivity (Wildman–Crippen MR) is 146 cm³/mol. The van der Waals surface area contributed by atoms with E-state index < -0.39 is 6.29 Å². The molecule has 4 atom stereocenters. The van der Waals surface area contributed by atoms with Gasteiger partial charge in [-0.2, -0.15) is 0 Å². The van der Waals surface area contributed by atoms with E-state index in [0.717, 1.165) is 21.8 Å². The van der Waals surface area contributed by atoms with Gasteiger partial charge in [-0.1, -0.05) is 73.3 Å². The average Bonchev–Trinajstić information content (AvgIpc) is 3.37. The highest BCUT2D eigenvalue weighted by Gasteiger charge is 2.38. The molecule has 0 spiro atoms. The van der Waals surface area contributed by atoms with Gasteiger partial charge in [-0.05, 0) is 35.4 Å². The number of aryl methyl sites for hydroxylation is 1. The lowest BCUT2D eigenvalue weighted by Crippen LogP contribution is -2.38. The SMILES string of the molecule is CC1C(CSc2nncn2C)OC(c2cccc(NC(=O)c3ccccc3)c2)OC1c1ccc(CO)cc1. The van der Waals surface area contributed by atoms with E-state index in [-0.39, 0.29) is 30.6 Å². The van der Waals surface area contributed by atoms with Crippen LogP contribution in [0.2, 0.25) is 0 Å². The quantitative estimate of drug-likeness (QED) is 0.304. The number of rotatable bonds is 8. The molecule has 38 heavy (non-hydrogen) atoms. The summed E-state index contributed by atoms with van der Waals surface area (Å²) >= 11 is 1.59. The van der Waals surface area contributed by atoms with E-state index in [1.54, 1.807) is 30.2 Å². The van der Waals surface area contributed by atoms with Crippen LogP contribution in [-0.2, 0) is 23.1 Å². The van der Waals surface area contributed by atoms with Crippen molar-refractivity contribution < 1.29 is 19.4 Å². The first-order valence-corrected chi connectivity index (χ1v) is 13.4. The molecular weight excluding hydrogens is 500 g/mol. The van der Waals surface area contributed by atoms with Crippen molar-refractivity contribution in [1.29, 1.82) is 0 Å². The Morgan fingerprint density at radius 1 is 1.03 bits per heavy atom. The number of hydrogen-bond donors (Lipinski definition) is 2.